The first-order valence-corrected chi connectivity index (χ1v) is 18.4. The molecular formula is C39H48ClN7O7. The highest BCUT2D eigenvalue weighted by atomic mass is 35.5. The van der Waals surface area contributed by atoms with Crippen molar-refractivity contribution in [1.82, 2.24) is 36.8 Å². The Hall–Kier alpha value is -5.47. The van der Waals surface area contributed by atoms with Crippen molar-refractivity contribution in [2.24, 2.45) is 5.92 Å². The minimum absolute atomic E-state index is 0.00481. The maximum absolute atomic E-state index is 14.2. The van der Waals surface area contributed by atoms with Gasteiger partial charge in [-0.2, -0.15) is 0 Å². The second-order valence-corrected chi connectivity index (χ2v) is 13.4. The Morgan fingerprint density at radius 1 is 0.852 bits per heavy atom. The lowest BCUT2D eigenvalue weighted by molar-refractivity contribution is -0.132. The minimum atomic E-state index is -1.34. The average Bonchev–Trinajstić information content (AvgIpc) is 3.70. The van der Waals surface area contributed by atoms with Crippen LogP contribution in [0.25, 0.3) is 10.8 Å². The Kier molecular flexibility index (Phi) is 16.3. The van der Waals surface area contributed by atoms with E-state index in [1.165, 1.54) is 12.5 Å². The highest BCUT2D eigenvalue weighted by Crippen LogP contribution is 2.20. The second kappa shape index (κ2) is 21.3. The molecule has 0 saturated carbocycles. The van der Waals surface area contributed by atoms with Crippen LogP contribution in [0.2, 0.25) is 0 Å². The summed E-state index contributed by atoms with van der Waals surface area (Å²) >= 11 is 5.62. The van der Waals surface area contributed by atoms with Gasteiger partial charge in [-0.25, -0.2) is 9.78 Å². The van der Waals surface area contributed by atoms with Crippen LogP contribution in [-0.2, 0) is 43.4 Å². The van der Waals surface area contributed by atoms with Crippen molar-refractivity contribution >= 4 is 52.1 Å². The van der Waals surface area contributed by atoms with Gasteiger partial charge in [-0.15, -0.1) is 11.6 Å². The maximum Gasteiger partial charge on any atom is 0.408 e. The zero-order valence-corrected chi connectivity index (χ0v) is 31.1. The lowest BCUT2D eigenvalue weighted by atomic mass is 9.92. The minimum Gasteiger partial charge on any atom is -0.445 e. The summed E-state index contributed by atoms with van der Waals surface area (Å²) in [5, 5.41) is 21.4. The van der Waals surface area contributed by atoms with Gasteiger partial charge in [0.25, 0.3) is 0 Å². The molecule has 1 unspecified atom stereocenters. The summed E-state index contributed by atoms with van der Waals surface area (Å²) in [5.74, 6) is -2.37. The van der Waals surface area contributed by atoms with E-state index in [-0.39, 0.29) is 31.8 Å². The molecule has 4 rings (SSSR count). The number of ether oxygens (including phenoxy) is 1. The molecule has 5 atom stereocenters. The average molecular weight is 762 g/mol. The van der Waals surface area contributed by atoms with E-state index in [9.17, 15) is 29.1 Å². The van der Waals surface area contributed by atoms with Gasteiger partial charge >= 0.3 is 6.09 Å². The highest BCUT2D eigenvalue weighted by Gasteiger charge is 2.33. The topological polar surface area (TPSA) is 204 Å². The van der Waals surface area contributed by atoms with Gasteiger partial charge in [0, 0.05) is 37.0 Å². The molecule has 0 radical (unpaired) electrons. The number of aromatic nitrogens is 2. The number of carbonyl (C=O) groups excluding carboxylic acids is 5. The van der Waals surface area contributed by atoms with Gasteiger partial charge in [0.1, 0.15) is 18.7 Å². The number of H-pyrrole nitrogens is 1. The Morgan fingerprint density at radius 2 is 1.54 bits per heavy atom. The number of alkyl carbamates (subject to hydrolysis) is 1. The number of aliphatic hydroxyl groups is 1. The largest absolute Gasteiger partial charge is 0.445 e. The van der Waals surface area contributed by atoms with E-state index in [1.54, 1.807) is 0 Å². The number of nitrogens with zero attached hydrogens (tertiary/aromatic N) is 1. The van der Waals surface area contributed by atoms with Crippen LogP contribution in [-0.4, -0.2) is 74.9 Å². The number of benzene rings is 3. The first-order chi connectivity index (χ1) is 26.1. The SMILES string of the molecule is CCC(C)[C@H](NC(=O)[C@H](Cc1cnc[nH]1)NC(=O)[C@H](Cc1cccc2ccccc12)NC(=O)OCc1ccccc1)[C@@H](O)CC(=O)NNC(=O)CCCCl. The van der Waals surface area contributed by atoms with Gasteiger partial charge in [0.05, 0.1) is 24.9 Å². The third-order valence-electron chi connectivity index (χ3n) is 8.99. The fourth-order valence-electron chi connectivity index (χ4n) is 5.84. The summed E-state index contributed by atoms with van der Waals surface area (Å²) in [7, 11) is 0. The van der Waals surface area contributed by atoms with E-state index >= 15 is 0 Å². The number of hydrazine groups is 1. The van der Waals surface area contributed by atoms with Gasteiger partial charge in [0.2, 0.25) is 23.6 Å². The summed E-state index contributed by atoms with van der Waals surface area (Å²) in [6, 6.07) is 19.2. The van der Waals surface area contributed by atoms with Crippen molar-refractivity contribution in [2.75, 3.05) is 5.88 Å². The summed E-state index contributed by atoms with van der Waals surface area (Å²) in [4.78, 5) is 72.8. The van der Waals surface area contributed by atoms with Gasteiger partial charge in [-0.3, -0.25) is 30.0 Å². The predicted octanol–water partition coefficient (Wildman–Crippen LogP) is 3.58. The van der Waals surface area contributed by atoms with E-state index in [0.29, 0.717) is 24.4 Å². The Morgan fingerprint density at radius 3 is 2.26 bits per heavy atom. The van der Waals surface area contributed by atoms with Crippen molar-refractivity contribution in [2.45, 2.75) is 83.2 Å². The molecule has 15 heteroatoms. The van der Waals surface area contributed by atoms with Gasteiger partial charge in [-0.1, -0.05) is 93.1 Å². The van der Waals surface area contributed by atoms with E-state index in [0.717, 1.165) is 21.9 Å². The molecule has 4 aromatic rings. The molecule has 5 amide bonds. The zero-order chi connectivity index (χ0) is 38.9. The molecular weight excluding hydrogens is 714 g/mol. The summed E-state index contributed by atoms with van der Waals surface area (Å²) in [6.07, 6.45) is 1.55. The smallest absolute Gasteiger partial charge is 0.408 e. The van der Waals surface area contributed by atoms with Gasteiger partial charge in [-0.05, 0) is 34.2 Å². The summed E-state index contributed by atoms with van der Waals surface area (Å²) < 4.78 is 5.46. The molecule has 0 bridgehead atoms. The fourth-order valence-corrected chi connectivity index (χ4v) is 5.97. The normalized spacial score (nSPS) is 13.8. The number of carbonyl (C=O) groups is 5. The van der Waals surface area contributed by atoms with Crippen molar-refractivity contribution in [3.63, 3.8) is 0 Å². The number of hydrogen-bond donors (Lipinski definition) is 7. The van der Waals surface area contributed by atoms with Crippen molar-refractivity contribution in [1.29, 1.82) is 0 Å². The van der Waals surface area contributed by atoms with Crippen LogP contribution < -0.4 is 26.8 Å². The third kappa shape index (κ3) is 12.9. The standard InChI is InChI=1S/C39H48ClN7O7/c1-3-25(2)36(33(48)21-35(50)47-46-34(49)17-10-18-40)45-38(52)32(20-29-22-41-24-42-29)43-37(51)31(44-39(53)54-23-26-11-5-4-6-12-26)19-28-15-9-14-27-13-7-8-16-30(27)28/h4-9,11-16,22,24-25,31-33,36,48H,3,10,17-21,23H2,1-2H3,(H,41,42)(H,43,51)(H,44,53)(H,45,52)(H,46,49)(H,47,50)/t25?,31-,32-,33-,36-/m0/s1. The van der Waals surface area contributed by atoms with Crippen LogP contribution in [0.15, 0.2) is 85.3 Å². The maximum atomic E-state index is 14.2. The number of nitrogens with one attached hydrogen (secondary N) is 6. The number of aromatic amines is 1. The summed E-state index contributed by atoms with van der Waals surface area (Å²) in [6.45, 7) is 3.67. The monoisotopic (exact) mass is 761 g/mol. The molecule has 0 fully saturated rings. The number of fused-ring (bicyclic) bond motifs is 1. The summed E-state index contributed by atoms with van der Waals surface area (Å²) in [5.41, 5.74) is 6.66. The van der Waals surface area contributed by atoms with Crippen molar-refractivity contribution < 1.29 is 33.8 Å². The van der Waals surface area contributed by atoms with E-state index in [4.69, 9.17) is 16.3 Å². The number of alkyl halides is 1. The van der Waals surface area contributed by atoms with Crippen LogP contribution in [0.4, 0.5) is 4.79 Å². The van der Waals surface area contributed by atoms with Crippen LogP contribution in [0, 0.1) is 5.92 Å². The molecule has 54 heavy (non-hydrogen) atoms. The number of halogens is 1. The van der Waals surface area contributed by atoms with E-state index < -0.39 is 60.4 Å². The molecule has 288 valence electrons. The molecule has 14 nitrogen and oxygen atoms in total. The third-order valence-corrected chi connectivity index (χ3v) is 9.26. The Bertz CT molecular complexity index is 1820. The number of aliphatic hydroxyl groups excluding tert-OH is 1. The zero-order valence-electron chi connectivity index (χ0n) is 30.3. The number of rotatable bonds is 19. The molecule has 7 N–H and O–H groups in total. The molecule has 0 aliphatic rings. The molecule has 0 aliphatic heterocycles. The lowest BCUT2D eigenvalue weighted by Crippen LogP contribution is -2.58. The first-order valence-electron chi connectivity index (χ1n) is 17.9. The quantitative estimate of drug-likeness (QED) is 0.0555. The van der Waals surface area contributed by atoms with E-state index in [1.807, 2.05) is 86.6 Å². The van der Waals surface area contributed by atoms with Crippen LogP contribution in [0.1, 0.15) is 56.4 Å². The first kappa shape index (κ1) is 41.3. The van der Waals surface area contributed by atoms with Crippen molar-refractivity contribution in [3.05, 3.63) is 102 Å². The number of hydrogen-bond acceptors (Lipinski definition) is 8. The molecule has 1 aromatic heterocycles. The van der Waals surface area contributed by atoms with Crippen molar-refractivity contribution in [3.8, 4) is 0 Å². The van der Waals surface area contributed by atoms with Crippen LogP contribution >= 0.6 is 11.6 Å². The second-order valence-electron chi connectivity index (χ2n) is 13.0. The number of imidazole rings is 1. The van der Waals surface area contributed by atoms with Crippen LogP contribution in [0.5, 0.6) is 0 Å². The molecule has 3 aromatic carbocycles. The molecule has 1 heterocycles. The number of amides is 5. The van der Waals surface area contributed by atoms with Gasteiger partial charge in [0.15, 0.2) is 0 Å². The predicted molar refractivity (Wildman–Crippen MR) is 204 cm³/mol. The Labute approximate surface area is 319 Å². The van der Waals surface area contributed by atoms with Crippen LogP contribution in [0.3, 0.4) is 0 Å². The highest BCUT2D eigenvalue weighted by molar-refractivity contribution is 6.17. The molecule has 0 spiro atoms. The van der Waals surface area contributed by atoms with E-state index in [2.05, 4.69) is 36.8 Å². The Balaban J connectivity index is 1.53. The fraction of sp³-hybridized carbons (Fsp3) is 0.385. The molecule has 0 aliphatic carbocycles. The van der Waals surface area contributed by atoms with Gasteiger partial charge < -0.3 is 30.8 Å². The lowest BCUT2D eigenvalue weighted by Gasteiger charge is -2.31. The molecule has 0 saturated heterocycles.